The first-order valence-electron chi connectivity index (χ1n) is 6.47. The summed E-state index contributed by atoms with van der Waals surface area (Å²) in [6.45, 7) is 4.26. The number of hydrogen-bond donors (Lipinski definition) is 2. The van der Waals surface area contributed by atoms with Crippen molar-refractivity contribution in [2.24, 2.45) is 5.92 Å². The molecule has 0 aromatic heterocycles. The van der Waals surface area contributed by atoms with Crippen molar-refractivity contribution in [2.45, 2.75) is 38.7 Å². The molecule has 0 aromatic rings. The van der Waals surface area contributed by atoms with Gasteiger partial charge in [0.05, 0.1) is 6.54 Å². The van der Waals surface area contributed by atoms with Gasteiger partial charge < -0.3 is 15.3 Å². The first-order valence-corrected chi connectivity index (χ1v) is 6.47. The molecule has 2 N–H and O–H groups in total. The molecule has 4 nitrogen and oxygen atoms in total. The van der Waals surface area contributed by atoms with E-state index in [0.717, 1.165) is 26.1 Å². The molecule has 2 atom stereocenters. The third-order valence-corrected chi connectivity index (χ3v) is 3.39. The number of rotatable bonds is 7. The zero-order valence-electron chi connectivity index (χ0n) is 10.7. The van der Waals surface area contributed by atoms with Crippen LogP contribution in [0.4, 0.5) is 8.78 Å². The number of carboxylic acid groups (broad SMARTS) is 1. The van der Waals surface area contributed by atoms with Crippen LogP contribution in [0.2, 0.25) is 0 Å². The molecule has 106 valence electrons. The second-order valence-corrected chi connectivity index (χ2v) is 4.88. The Balaban J connectivity index is 2.41. The normalized spacial score (nSPS) is 25.6. The van der Waals surface area contributed by atoms with Gasteiger partial charge in [0.25, 0.3) is 6.43 Å². The topological polar surface area (TPSA) is 52.6 Å². The van der Waals surface area contributed by atoms with E-state index in [2.05, 4.69) is 10.2 Å². The number of piperidine rings is 1. The molecule has 1 aliphatic heterocycles. The number of likely N-dealkylation sites (tertiary alicyclic amines) is 1. The number of nitrogens with zero attached hydrogens (tertiary/aromatic N) is 1. The van der Waals surface area contributed by atoms with E-state index in [0.29, 0.717) is 6.42 Å². The van der Waals surface area contributed by atoms with E-state index in [4.69, 9.17) is 5.11 Å². The van der Waals surface area contributed by atoms with E-state index in [-0.39, 0.29) is 24.9 Å². The van der Waals surface area contributed by atoms with Crippen molar-refractivity contribution in [2.75, 3.05) is 26.2 Å². The van der Waals surface area contributed by atoms with Crippen molar-refractivity contribution in [3.05, 3.63) is 0 Å². The number of aliphatic carboxylic acids is 1. The quantitative estimate of drug-likeness (QED) is 0.730. The number of nitrogens with one attached hydrogen (secondary N) is 1. The summed E-state index contributed by atoms with van der Waals surface area (Å²) in [6.07, 6.45) is -0.765. The Morgan fingerprint density at radius 2 is 2.22 bits per heavy atom. The van der Waals surface area contributed by atoms with Crippen LogP contribution in [0.3, 0.4) is 0 Å². The second kappa shape index (κ2) is 7.63. The average molecular weight is 264 g/mol. The Kier molecular flexibility index (Phi) is 6.49. The summed E-state index contributed by atoms with van der Waals surface area (Å²) < 4.78 is 24.3. The monoisotopic (exact) mass is 264 g/mol. The minimum atomic E-state index is -2.33. The van der Waals surface area contributed by atoms with E-state index in [1.54, 1.807) is 0 Å². The lowest BCUT2D eigenvalue weighted by atomic mass is 9.90. The van der Waals surface area contributed by atoms with Crippen molar-refractivity contribution >= 4 is 5.97 Å². The minimum Gasteiger partial charge on any atom is -0.481 e. The van der Waals surface area contributed by atoms with Crippen LogP contribution in [0, 0.1) is 5.92 Å². The lowest BCUT2D eigenvalue weighted by Crippen LogP contribution is -2.50. The van der Waals surface area contributed by atoms with Gasteiger partial charge in [-0.15, -0.1) is 0 Å². The molecule has 0 bridgehead atoms. The number of halogens is 2. The number of alkyl halides is 2. The van der Waals surface area contributed by atoms with Gasteiger partial charge in [-0.1, -0.05) is 6.92 Å². The number of hydrogen-bond acceptors (Lipinski definition) is 3. The molecule has 6 heteroatoms. The maximum absolute atomic E-state index is 12.2. The van der Waals surface area contributed by atoms with Crippen LogP contribution in [0.5, 0.6) is 0 Å². The summed E-state index contributed by atoms with van der Waals surface area (Å²) in [5, 5.41) is 11.5. The molecular weight excluding hydrogens is 242 g/mol. The highest BCUT2D eigenvalue weighted by atomic mass is 19.3. The molecule has 0 aromatic carbocycles. The maximum Gasteiger partial charge on any atom is 0.303 e. The van der Waals surface area contributed by atoms with Gasteiger partial charge in [0.2, 0.25) is 0 Å². The van der Waals surface area contributed by atoms with E-state index in [1.807, 2.05) is 6.92 Å². The molecule has 1 heterocycles. The van der Waals surface area contributed by atoms with E-state index in [9.17, 15) is 13.6 Å². The number of carbonyl (C=O) groups is 1. The Bertz CT molecular complexity index is 264. The highest BCUT2D eigenvalue weighted by Gasteiger charge is 2.26. The third kappa shape index (κ3) is 5.73. The van der Waals surface area contributed by atoms with Crippen LogP contribution in [-0.2, 0) is 4.79 Å². The summed E-state index contributed by atoms with van der Waals surface area (Å²) in [4.78, 5) is 12.8. The Morgan fingerprint density at radius 3 is 2.78 bits per heavy atom. The standard InChI is InChI=1S/C12H22F2N2O2/c1-2-16-7-9(3-4-12(17)18)5-10(8-16)15-6-11(13)14/h9-11,15H,2-8H2,1H3,(H,17,18). The van der Waals surface area contributed by atoms with E-state index in [1.165, 1.54) is 0 Å². The first kappa shape index (κ1) is 15.3. The molecule has 1 rings (SSSR count). The van der Waals surface area contributed by atoms with Crippen molar-refractivity contribution in [3.8, 4) is 0 Å². The van der Waals surface area contributed by atoms with Crippen LogP contribution < -0.4 is 5.32 Å². The minimum absolute atomic E-state index is 0.0477. The maximum atomic E-state index is 12.2. The number of likely N-dealkylation sites (N-methyl/N-ethyl adjacent to an activating group) is 1. The highest BCUT2D eigenvalue weighted by Crippen LogP contribution is 2.21. The predicted molar refractivity (Wildman–Crippen MR) is 64.9 cm³/mol. The smallest absolute Gasteiger partial charge is 0.303 e. The number of carboxylic acids is 1. The molecule has 0 saturated carbocycles. The summed E-state index contributed by atoms with van der Waals surface area (Å²) in [5.74, 6) is -0.509. The Hall–Kier alpha value is -0.750. The van der Waals surface area contributed by atoms with E-state index < -0.39 is 12.4 Å². The fraction of sp³-hybridized carbons (Fsp3) is 0.917. The lowest BCUT2D eigenvalue weighted by molar-refractivity contribution is -0.137. The fourth-order valence-electron chi connectivity index (χ4n) is 2.50. The molecule has 2 unspecified atom stereocenters. The van der Waals surface area contributed by atoms with Crippen LogP contribution >= 0.6 is 0 Å². The largest absolute Gasteiger partial charge is 0.481 e. The van der Waals surface area contributed by atoms with Gasteiger partial charge in [0, 0.05) is 25.6 Å². The van der Waals surface area contributed by atoms with Gasteiger partial charge in [-0.05, 0) is 25.3 Å². The molecule has 0 amide bonds. The predicted octanol–water partition coefficient (Wildman–Crippen LogP) is 1.42. The molecule has 0 aliphatic carbocycles. The first-order chi connectivity index (χ1) is 8.51. The third-order valence-electron chi connectivity index (χ3n) is 3.39. The molecule has 0 spiro atoms. The summed E-state index contributed by atoms with van der Waals surface area (Å²) >= 11 is 0. The zero-order chi connectivity index (χ0) is 13.5. The molecule has 0 radical (unpaired) electrons. The van der Waals surface area contributed by atoms with Gasteiger partial charge in [0.15, 0.2) is 0 Å². The Labute approximate surface area is 106 Å². The van der Waals surface area contributed by atoms with Crippen LogP contribution in [-0.4, -0.2) is 54.6 Å². The van der Waals surface area contributed by atoms with Crippen LogP contribution in [0.1, 0.15) is 26.2 Å². The van der Waals surface area contributed by atoms with Crippen LogP contribution in [0.25, 0.3) is 0 Å². The van der Waals surface area contributed by atoms with Gasteiger partial charge in [0.1, 0.15) is 0 Å². The lowest BCUT2D eigenvalue weighted by Gasteiger charge is -2.37. The molecule has 1 fully saturated rings. The summed E-state index contributed by atoms with van der Waals surface area (Å²) in [6, 6.07) is 0.0477. The molecule has 1 saturated heterocycles. The van der Waals surface area contributed by atoms with Gasteiger partial charge in [-0.2, -0.15) is 0 Å². The fourth-order valence-corrected chi connectivity index (χ4v) is 2.50. The van der Waals surface area contributed by atoms with Gasteiger partial charge >= 0.3 is 5.97 Å². The highest BCUT2D eigenvalue weighted by molar-refractivity contribution is 5.66. The van der Waals surface area contributed by atoms with Gasteiger partial charge in [-0.3, -0.25) is 4.79 Å². The zero-order valence-corrected chi connectivity index (χ0v) is 10.7. The summed E-state index contributed by atoms with van der Waals surface area (Å²) in [7, 11) is 0. The Morgan fingerprint density at radius 1 is 1.50 bits per heavy atom. The molecular formula is C12H22F2N2O2. The molecule has 1 aliphatic rings. The van der Waals surface area contributed by atoms with Crippen LogP contribution in [0.15, 0.2) is 0 Å². The summed E-state index contributed by atoms with van der Waals surface area (Å²) in [5.41, 5.74) is 0. The van der Waals surface area contributed by atoms with Gasteiger partial charge in [-0.25, -0.2) is 8.78 Å². The second-order valence-electron chi connectivity index (χ2n) is 4.88. The average Bonchev–Trinajstić information content (AvgIpc) is 2.33. The van der Waals surface area contributed by atoms with Crippen molar-refractivity contribution < 1.29 is 18.7 Å². The van der Waals surface area contributed by atoms with E-state index >= 15 is 0 Å². The SMILES string of the molecule is CCN1CC(CCC(=O)O)CC(NCC(F)F)C1. The van der Waals surface area contributed by atoms with Crippen molar-refractivity contribution in [1.82, 2.24) is 10.2 Å². The van der Waals surface area contributed by atoms with Crippen molar-refractivity contribution in [3.63, 3.8) is 0 Å². The molecule has 18 heavy (non-hydrogen) atoms. The van der Waals surface area contributed by atoms with Crippen molar-refractivity contribution in [1.29, 1.82) is 0 Å².